The van der Waals surface area contributed by atoms with Crippen LogP contribution in [0.2, 0.25) is 0 Å². The number of rotatable bonds is 3. The Morgan fingerprint density at radius 3 is 1.27 bits per heavy atom. The Hall–Kier alpha value is -3.08. The van der Waals surface area contributed by atoms with Crippen LogP contribution in [0.1, 0.15) is 24.0 Å². The lowest BCUT2D eigenvalue weighted by Crippen LogP contribution is -2.50. The van der Waals surface area contributed by atoms with Crippen molar-refractivity contribution in [3.05, 3.63) is 35.4 Å². The van der Waals surface area contributed by atoms with E-state index < -0.39 is 81.9 Å². The molecule has 0 saturated carbocycles. The van der Waals surface area contributed by atoms with E-state index in [1.807, 2.05) is 0 Å². The molecule has 1 saturated heterocycles. The van der Waals surface area contributed by atoms with Gasteiger partial charge in [-0.2, -0.15) is 39.5 Å². The van der Waals surface area contributed by atoms with Crippen LogP contribution in [0.15, 0.2) is 24.3 Å². The third-order valence-electron chi connectivity index (χ3n) is 6.29. The van der Waals surface area contributed by atoms with Gasteiger partial charge >= 0.3 is 36.3 Å². The second kappa shape index (κ2) is 14.2. The fourth-order valence-electron chi connectivity index (χ4n) is 4.20. The molecule has 3 amide bonds. The number of aliphatic hydroxyl groups excluding tert-OH is 1. The highest BCUT2D eigenvalue weighted by Gasteiger charge is 2.45. The zero-order valence-electron chi connectivity index (χ0n) is 21.7. The number of amides is 3. The largest absolute Gasteiger partial charge is 0.471 e. The van der Waals surface area contributed by atoms with Gasteiger partial charge in [0.05, 0.1) is 6.61 Å². The first-order valence-electron chi connectivity index (χ1n) is 12.4. The molecule has 1 fully saturated rings. The summed E-state index contributed by atoms with van der Waals surface area (Å²) in [6, 6.07) is 6.44. The fraction of sp³-hybridized carbons (Fsp3) is 0.625. The molecular formula is C24H29F9N4O4. The summed E-state index contributed by atoms with van der Waals surface area (Å²) in [5.41, 5.74) is 1.22. The molecule has 1 aliphatic rings. The van der Waals surface area contributed by atoms with Gasteiger partial charge in [-0.15, -0.1) is 0 Å². The fourth-order valence-corrected chi connectivity index (χ4v) is 4.20. The summed E-state index contributed by atoms with van der Waals surface area (Å²) >= 11 is 0. The van der Waals surface area contributed by atoms with E-state index in [0.29, 0.717) is 16.0 Å². The number of benzene rings is 1. The Morgan fingerprint density at radius 1 is 0.561 bits per heavy atom. The Kier molecular flexibility index (Phi) is 11.8. The SMILES string of the molecule is O=C(N1CCCN(C(=O)C(F)(F)F)CCN(C(=O)C(F)(F)F)CCCN(Cc2ccc(CO)cc2)CC1)C(F)(F)F. The lowest BCUT2D eigenvalue weighted by molar-refractivity contribution is -0.189. The van der Waals surface area contributed by atoms with Crippen molar-refractivity contribution in [2.45, 2.75) is 44.5 Å². The molecule has 17 heteroatoms. The molecule has 1 aromatic rings. The van der Waals surface area contributed by atoms with Crippen LogP contribution >= 0.6 is 0 Å². The van der Waals surface area contributed by atoms with E-state index in [1.165, 1.54) is 0 Å². The minimum absolute atomic E-state index is 0.0529. The molecule has 0 unspecified atom stereocenters. The minimum atomic E-state index is -5.43. The maximum absolute atomic E-state index is 13.2. The first-order valence-corrected chi connectivity index (χ1v) is 12.4. The lowest BCUT2D eigenvalue weighted by atomic mass is 10.1. The van der Waals surface area contributed by atoms with E-state index in [9.17, 15) is 59.0 Å². The summed E-state index contributed by atoms with van der Waals surface area (Å²) < 4.78 is 119. The molecule has 0 radical (unpaired) electrons. The van der Waals surface area contributed by atoms with E-state index in [1.54, 1.807) is 29.2 Å². The average Bonchev–Trinajstić information content (AvgIpc) is 2.88. The smallest absolute Gasteiger partial charge is 0.392 e. The number of carbonyl (C=O) groups is 3. The Labute approximate surface area is 229 Å². The van der Waals surface area contributed by atoms with Crippen molar-refractivity contribution in [3.8, 4) is 0 Å². The van der Waals surface area contributed by atoms with Gasteiger partial charge in [0.2, 0.25) is 0 Å². The van der Waals surface area contributed by atoms with Crippen molar-refractivity contribution < 1.29 is 59.0 Å². The number of halogens is 9. The van der Waals surface area contributed by atoms with Crippen LogP contribution in [-0.4, -0.2) is 113 Å². The highest BCUT2D eigenvalue weighted by atomic mass is 19.4. The molecule has 0 spiro atoms. The number of carbonyl (C=O) groups excluding carboxylic acids is 3. The Morgan fingerprint density at radius 2 is 0.902 bits per heavy atom. The highest BCUT2D eigenvalue weighted by molar-refractivity contribution is 5.83. The third-order valence-corrected chi connectivity index (χ3v) is 6.29. The minimum Gasteiger partial charge on any atom is -0.392 e. The molecular weight excluding hydrogens is 579 g/mol. The van der Waals surface area contributed by atoms with Crippen molar-refractivity contribution in [1.29, 1.82) is 0 Å². The van der Waals surface area contributed by atoms with Gasteiger partial charge in [0.1, 0.15) is 0 Å². The molecule has 0 aromatic heterocycles. The summed E-state index contributed by atoms with van der Waals surface area (Å²) in [4.78, 5) is 38.2. The predicted octanol–water partition coefficient (Wildman–Crippen LogP) is 2.95. The molecule has 1 aliphatic heterocycles. The zero-order valence-corrected chi connectivity index (χ0v) is 21.7. The second-order valence-electron chi connectivity index (χ2n) is 9.33. The predicted molar refractivity (Wildman–Crippen MR) is 125 cm³/mol. The molecule has 0 atom stereocenters. The van der Waals surface area contributed by atoms with Crippen molar-refractivity contribution in [1.82, 2.24) is 19.6 Å². The van der Waals surface area contributed by atoms with Crippen LogP contribution in [0, 0.1) is 0 Å². The number of nitrogens with zero attached hydrogens (tertiary/aromatic N) is 4. The number of alkyl halides is 9. The van der Waals surface area contributed by atoms with Crippen LogP contribution in [-0.2, 0) is 27.5 Å². The van der Waals surface area contributed by atoms with E-state index >= 15 is 0 Å². The first-order chi connectivity index (χ1) is 18.9. The van der Waals surface area contributed by atoms with E-state index in [0.717, 1.165) is 0 Å². The number of hydrogen-bond donors (Lipinski definition) is 1. The molecule has 0 aliphatic carbocycles. The first kappa shape index (κ1) is 34.1. The van der Waals surface area contributed by atoms with Gasteiger partial charge in [-0.1, -0.05) is 24.3 Å². The zero-order chi connectivity index (χ0) is 31.0. The Bertz CT molecular complexity index is 1030. The highest BCUT2D eigenvalue weighted by Crippen LogP contribution is 2.23. The molecule has 41 heavy (non-hydrogen) atoms. The summed E-state index contributed by atoms with van der Waals surface area (Å²) in [5.74, 6) is -6.97. The van der Waals surface area contributed by atoms with Gasteiger partial charge in [0.15, 0.2) is 0 Å². The van der Waals surface area contributed by atoms with Crippen LogP contribution in [0.5, 0.6) is 0 Å². The monoisotopic (exact) mass is 608 g/mol. The Balaban J connectivity index is 2.35. The van der Waals surface area contributed by atoms with Gasteiger partial charge in [-0.25, -0.2) is 0 Å². The molecule has 1 N–H and O–H groups in total. The van der Waals surface area contributed by atoms with E-state index in [2.05, 4.69) is 0 Å². The van der Waals surface area contributed by atoms with Crippen LogP contribution < -0.4 is 0 Å². The van der Waals surface area contributed by atoms with Crippen molar-refractivity contribution in [2.75, 3.05) is 52.4 Å². The quantitative estimate of drug-likeness (QED) is 0.534. The molecule has 8 nitrogen and oxygen atoms in total. The van der Waals surface area contributed by atoms with Gasteiger partial charge in [0.25, 0.3) is 0 Å². The van der Waals surface area contributed by atoms with Crippen LogP contribution in [0.4, 0.5) is 39.5 Å². The summed E-state index contributed by atoms with van der Waals surface area (Å²) in [6.45, 7) is -4.87. The maximum atomic E-state index is 13.2. The summed E-state index contributed by atoms with van der Waals surface area (Å²) in [7, 11) is 0. The number of aliphatic hydroxyl groups is 1. The summed E-state index contributed by atoms with van der Waals surface area (Å²) in [6.07, 6.45) is -16.7. The molecule has 1 aromatic carbocycles. The molecule has 0 bridgehead atoms. The molecule has 232 valence electrons. The van der Waals surface area contributed by atoms with E-state index in [-0.39, 0.29) is 42.5 Å². The number of hydrogen-bond acceptors (Lipinski definition) is 5. The topological polar surface area (TPSA) is 84.4 Å². The normalized spacial score (nSPS) is 17.8. The van der Waals surface area contributed by atoms with E-state index in [4.69, 9.17) is 0 Å². The van der Waals surface area contributed by atoms with Gasteiger partial charge < -0.3 is 19.8 Å². The van der Waals surface area contributed by atoms with Crippen molar-refractivity contribution >= 4 is 17.7 Å². The van der Waals surface area contributed by atoms with Crippen molar-refractivity contribution in [3.63, 3.8) is 0 Å². The standard InChI is InChI=1S/C24H29F9N4O4/c25-22(26,27)19(39)35-9-2-10-37(21(41)24(31,32)33)14-13-36(20(40)23(28,29)30)8-1-7-34(11-12-35)15-17-3-5-18(16-38)6-4-17/h3-6,38H,1-2,7-16H2. The summed E-state index contributed by atoms with van der Waals surface area (Å²) in [5, 5.41) is 9.20. The second-order valence-corrected chi connectivity index (χ2v) is 9.33. The average molecular weight is 609 g/mol. The lowest BCUT2D eigenvalue weighted by Gasteiger charge is -2.32. The van der Waals surface area contributed by atoms with Gasteiger partial charge in [-0.3, -0.25) is 19.3 Å². The third kappa shape index (κ3) is 10.7. The molecule has 1 heterocycles. The van der Waals surface area contributed by atoms with Crippen LogP contribution in [0.25, 0.3) is 0 Å². The van der Waals surface area contributed by atoms with Crippen molar-refractivity contribution in [2.24, 2.45) is 0 Å². The van der Waals surface area contributed by atoms with Crippen LogP contribution in [0.3, 0.4) is 0 Å². The van der Waals surface area contributed by atoms with Gasteiger partial charge in [0, 0.05) is 58.9 Å². The van der Waals surface area contributed by atoms with Gasteiger partial charge in [-0.05, 0) is 24.0 Å². The molecule has 2 rings (SSSR count). The maximum Gasteiger partial charge on any atom is 0.471 e.